The molecule has 1 aliphatic rings. The van der Waals surface area contributed by atoms with Crippen molar-refractivity contribution in [2.45, 2.75) is 77.2 Å². The molecule has 0 bridgehead atoms. The zero-order valence-electron chi connectivity index (χ0n) is 17.6. The predicted octanol–water partition coefficient (Wildman–Crippen LogP) is 3.72. The lowest BCUT2D eigenvalue weighted by molar-refractivity contribution is 0.0509. The summed E-state index contributed by atoms with van der Waals surface area (Å²) in [7, 11) is 0. The Labute approximate surface area is 173 Å². The highest BCUT2D eigenvalue weighted by Gasteiger charge is 2.24. The zero-order chi connectivity index (χ0) is 21.3. The Hall–Kier alpha value is -2.19. The lowest BCUT2D eigenvalue weighted by Gasteiger charge is -2.29. The Bertz CT molecular complexity index is 481. The van der Waals surface area contributed by atoms with Crippen LogP contribution in [0.5, 0.6) is 0 Å². The summed E-state index contributed by atoms with van der Waals surface area (Å²) in [4.78, 5) is 35.4. The quantitative estimate of drug-likeness (QED) is 0.395. The van der Waals surface area contributed by atoms with Crippen LogP contribution in [0.25, 0.3) is 0 Å². The number of carbonyl (C=O) groups is 3. The molecule has 0 radical (unpaired) electrons. The van der Waals surface area contributed by atoms with Crippen molar-refractivity contribution in [1.29, 1.82) is 0 Å². The summed E-state index contributed by atoms with van der Waals surface area (Å²) >= 11 is 0. The number of nitrogens with zero attached hydrogens (tertiary/aromatic N) is 1. The fourth-order valence-corrected chi connectivity index (χ4v) is 3.11. The van der Waals surface area contributed by atoms with E-state index in [1.807, 2.05) is 0 Å². The highest BCUT2D eigenvalue weighted by Crippen LogP contribution is 2.13. The lowest BCUT2D eigenvalue weighted by Crippen LogP contribution is -2.42. The monoisotopic (exact) mass is 415 g/mol. The highest BCUT2D eigenvalue weighted by molar-refractivity contribution is 5.68. The summed E-state index contributed by atoms with van der Waals surface area (Å²) in [5.74, 6) is 0. The largest absolute Gasteiger partial charge is 0.465 e. The summed E-state index contributed by atoms with van der Waals surface area (Å²) in [6, 6.07) is 0. The molecule has 9 heteroatoms. The second kappa shape index (κ2) is 15.7. The SMILES string of the molecule is CCCCCCCCCNC(=O)OCCCNC(=O)OC1CCN(C(=O)O)CC1. The summed E-state index contributed by atoms with van der Waals surface area (Å²) in [5.41, 5.74) is 0. The molecule has 3 N–H and O–H groups in total. The van der Waals surface area contributed by atoms with E-state index in [-0.39, 0.29) is 12.7 Å². The molecule has 0 aliphatic carbocycles. The van der Waals surface area contributed by atoms with Crippen LogP contribution in [-0.4, -0.2) is 67.2 Å². The number of rotatable bonds is 13. The molecule has 9 nitrogen and oxygen atoms in total. The Balaban J connectivity index is 1.91. The lowest BCUT2D eigenvalue weighted by atomic mass is 10.1. The van der Waals surface area contributed by atoms with Crippen molar-refractivity contribution < 1.29 is 29.0 Å². The molecule has 3 amide bonds. The van der Waals surface area contributed by atoms with Gasteiger partial charge < -0.3 is 30.1 Å². The van der Waals surface area contributed by atoms with Crippen LogP contribution in [-0.2, 0) is 9.47 Å². The number of carboxylic acid groups (broad SMARTS) is 1. The molecule has 0 unspecified atom stereocenters. The second-order valence-electron chi connectivity index (χ2n) is 7.34. The molecule has 1 fully saturated rings. The third-order valence-corrected chi connectivity index (χ3v) is 4.86. The van der Waals surface area contributed by atoms with Crippen LogP contribution in [0, 0.1) is 0 Å². The standard InChI is InChI=1S/C20H37N3O6/c1-2-3-4-5-6-7-8-12-21-18(24)28-16-9-13-22-19(25)29-17-10-14-23(15-11-17)20(26)27/h17H,2-16H2,1H3,(H,21,24)(H,22,25)(H,26,27). The first-order valence-corrected chi connectivity index (χ1v) is 10.9. The van der Waals surface area contributed by atoms with Gasteiger partial charge in [-0.15, -0.1) is 0 Å². The molecule has 0 spiro atoms. The molecule has 0 aromatic rings. The van der Waals surface area contributed by atoms with E-state index in [0.29, 0.717) is 45.4 Å². The van der Waals surface area contributed by atoms with Gasteiger partial charge in [-0.25, -0.2) is 14.4 Å². The van der Waals surface area contributed by atoms with Crippen molar-refractivity contribution in [2.75, 3.05) is 32.8 Å². The van der Waals surface area contributed by atoms with Gasteiger partial charge in [0.2, 0.25) is 0 Å². The van der Waals surface area contributed by atoms with E-state index in [0.717, 1.165) is 12.8 Å². The van der Waals surface area contributed by atoms with Crippen LogP contribution in [0.3, 0.4) is 0 Å². The van der Waals surface area contributed by atoms with Crippen molar-refractivity contribution in [2.24, 2.45) is 0 Å². The van der Waals surface area contributed by atoms with Crippen LogP contribution in [0.4, 0.5) is 14.4 Å². The maximum Gasteiger partial charge on any atom is 0.407 e. The fraction of sp³-hybridized carbons (Fsp3) is 0.850. The van der Waals surface area contributed by atoms with Gasteiger partial charge in [0, 0.05) is 39.0 Å². The van der Waals surface area contributed by atoms with E-state index in [9.17, 15) is 14.4 Å². The molecular formula is C20H37N3O6. The van der Waals surface area contributed by atoms with E-state index >= 15 is 0 Å². The first-order chi connectivity index (χ1) is 14.0. The first kappa shape index (κ1) is 24.8. The third kappa shape index (κ3) is 12.8. The van der Waals surface area contributed by atoms with Gasteiger partial charge in [-0.1, -0.05) is 45.4 Å². The maximum absolute atomic E-state index is 11.7. The van der Waals surface area contributed by atoms with Crippen LogP contribution in [0.1, 0.15) is 71.1 Å². The van der Waals surface area contributed by atoms with Crippen molar-refractivity contribution in [3.63, 3.8) is 0 Å². The maximum atomic E-state index is 11.7. The first-order valence-electron chi connectivity index (χ1n) is 10.9. The number of likely N-dealkylation sites (tertiary alicyclic amines) is 1. The molecule has 1 aliphatic heterocycles. The number of alkyl carbamates (subject to hydrolysis) is 2. The van der Waals surface area contributed by atoms with Gasteiger partial charge in [-0.05, 0) is 12.8 Å². The number of nitrogens with one attached hydrogen (secondary N) is 2. The minimum absolute atomic E-state index is 0.222. The Morgan fingerprint density at radius 2 is 1.48 bits per heavy atom. The van der Waals surface area contributed by atoms with Crippen molar-refractivity contribution in [3.05, 3.63) is 0 Å². The highest BCUT2D eigenvalue weighted by atomic mass is 16.6. The van der Waals surface area contributed by atoms with Gasteiger partial charge in [-0.3, -0.25) is 0 Å². The van der Waals surface area contributed by atoms with Gasteiger partial charge >= 0.3 is 18.3 Å². The van der Waals surface area contributed by atoms with Gasteiger partial charge in [0.25, 0.3) is 0 Å². The molecule has 0 aromatic heterocycles. The number of ether oxygens (including phenoxy) is 2. The van der Waals surface area contributed by atoms with E-state index in [1.165, 1.54) is 37.0 Å². The summed E-state index contributed by atoms with van der Waals surface area (Å²) in [6.45, 7) is 4.13. The number of hydrogen-bond acceptors (Lipinski definition) is 5. The topological polar surface area (TPSA) is 117 Å². The second-order valence-corrected chi connectivity index (χ2v) is 7.34. The molecule has 0 aromatic carbocycles. The van der Waals surface area contributed by atoms with Crippen LogP contribution < -0.4 is 10.6 Å². The normalized spacial score (nSPS) is 14.3. The number of unbranched alkanes of at least 4 members (excludes halogenated alkanes) is 6. The van der Waals surface area contributed by atoms with E-state index in [2.05, 4.69) is 17.6 Å². The van der Waals surface area contributed by atoms with E-state index < -0.39 is 18.3 Å². The molecule has 1 saturated heterocycles. The Kier molecular flexibility index (Phi) is 13.5. The van der Waals surface area contributed by atoms with Gasteiger partial charge in [0.1, 0.15) is 6.10 Å². The third-order valence-electron chi connectivity index (χ3n) is 4.86. The number of piperidine rings is 1. The number of amides is 3. The Morgan fingerprint density at radius 3 is 2.14 bits per heavy atom. The summed E-state index contributed by atoms with van der Waals surface area (Å²) in [5, 5.41) is 14.2. The van der Waals surface area contributed by atoms with Crippen LogP contribution >= 0.6 is 0 Å². The van der Waals surface area contributed by atoms with Crippen molar-refractivity contribution in [1.82, 2.24) is 15.5 Å². The molecule has 29 heavy (non-hydrogen) atoms. The van der Waals surface area contributed by atoms with E-state index in [1.54, 1.807) is 0 Å². The van der Waals surface area contributed by atoms with Crippen LogP contribution in [0.2, 0.25) is 0 Å². The number of carbonyl (C=O) groups excluding carboxylic acids is 2. The zero-order valence-corrected chi connectivity index (χ0v) is 17.6. The molecule has 1 heterocycles. The fourth-order valence-electron chi connectivity index (χ4n) is 3.11. The Morgan fingerprint density at radius 1 is 0.897 bits per heavy atom. The average Bonchev–Trinajstić information content (AvgIpc) is 2.70. The molecule has 168 valence electrons. The summed E-state index contributed by atoms with van der Waals surface area (Å²) in [6.07, 6.45) is 7.71. The van der Waals surface area contributed by atoms with Gasteiger partial charge in [0.15, 0.2) is 0 Å². The molecule has 0 saturated carbocycles. The molecular weight excluding hydrogens is 378 g/mol. The smallest absolute Gasteiger partial charge is 0.407 e. The van der Waals surface area contributed by atoms with E-state index in [4.69, 9.17) is 14.6 Å². The predicted molar refractivity (Wildman–Crippen MR) is 109 cm³/mol. The van der Waals surface area contributed by atoms with Crippen molar-refractivity contribution in [3.8, 4) is 0 Å². The minimum atomic E-state index is -0.945. The molecule has 0 atom stereocenters. The summed E-state index contributed by atoms with van der Waals surface area (Å²) < 4.78 is 10.3. The van der Waals surface area contributed by atoms with Crippen LogP contribution in [0.15, 0.2) is 0 Å². The van der Waals surface area contributed by atoms with Gasteiger partial charge in [-0.2, -0.15) is 0 Å². The number of hydrogen-bond donors (Lipinski definition) is 3. The van der Waals surface area contributed by atoms with Crippen molar-refractivity contribution >= 4 is 18.3 Å². The minimum Gasteiger partial charge on any atom is -0.465 e. The average molecular weight is 416 g/mol. The van der Waals surface area contributed by atoms with Gasteiger partial charge in [0.05, 0.1) is 6.61 Å². The molecule has 1 rings (SSSR count).